The van der Waals surface area contributed by atoms with E-state index in [1.807, 2.05) is 18.4 Å². The quantitative estimate of drug-likeness (QED) is 0.397. The maximum absolute atomic E-state index is 13.6. The highest BCUT2D eigenvalue weighted by Gasteiger charge is 2.07. The summed E-state index contributed by atoms with van der Waals surface area (Å²) in [5.74, 6) is -0.912. The summed E-state index contributed by atoms with van der Waals surface area (Å²) in [6.07, 6.45) is 0.395. The molecule has 7 heteroatoms. The average molecular weight is 451 g/mol. The van der Waals surface area contributed by atoms with Crippen molar-refractivity contribution in [1.82, 2.24) is 10.6 Å². The predicted molar refractivity (Wildman–Crippen MR) is 103 cm³/mol. The molecule has 126 valence electrons. The van der Waals surface area contributed by atoms with Gasteiger partial charge in [0, 0.05) is 13.1 Å². The largest absolute Gasteiger partial charge is 0.357 e. The summed E-state index contributed by atoms with van der Waals surface area (Å²) in [4.78, 5) is 4.46. The van der Waals surface area contributed by atoms with Gasteiger partial charge in [-0.15, -0.1) is 24.0 Å². The summed E-state index contributed by atoms with van der Waals surface area (Å²) in [5.41, 5.74) is 1.51. The Hall–Kier alpha value is -1.22. The fourth-order valence-electron chi connectivity index (χ4n) is 1.95. The first kappa shape index (κ1) is 19.8. The Morgan fingerprint density at radius 3 is 2.74 bits per heavy atom. The summed E-state index contributed by atoms with van der Waals surface area (Å²) in [5, 5.41) is 10.3. The number of nitrogens with zero attached hydrogens (tertiary/aromatic N) is 1. The van der Waals surface area contributed by atoms with E-state index in [-0.39, 0.29) is 24.0 Å². The van der Waals surface area contributed by atoms with E-state index in [1.165, 1.54) is 6.07 Å². The molecule has 0 aliphatic heterocycles. The minimum atomic E-state index is -0.810. The van der Waals surface area contributed by atoms with Crippen LogP contribution in [-0.2, 0) is 13.0 Å². The van der Waals surface area contributed by atoms with Gasteiger partial charge in [0.25, 0.3) is 0 Å². The Balaban J connectivity index is 0.00000264. The van der Waals surface area contributed by atoms with E-state index >= 15 is 0 Å². The van der Waals surface area contributed by atoms with Gasteiger partial charge in [-0.3, -0.25) is 0 Å². The molecule has 0 spiro atoms. The number of guanidine groups is 1. The van der Waals surface area contributed by atoms with E-state index in [1.54, 1.807) is 17.4 Å². The molecule has 2 N–H and O–H groups in total. The molecular formula is C16H20F2IN3S. The molecule has 1 aromatic carbocycles. The highest BCUT2D eigenvalue weighted by atomic mass is 127. The Kier molecular flexibility index (Phi) is 9.08. The lowest BCUT2D eigenvalue weighted by Gasteiger charge is -2.11. The first-order valence-corrected chi connectivity index (χ1v) is 8.11. The van der Waals surface area contributed by atoms with Crippen LogP contribution in [0.1, 0.15) is 18.1 Å². The molecule has 0 aliphatic rings. The van der Waals surface area contributed by atoms with Crippen molar-refractivity contribution in [3.8, 4) is 0 Å². The molecular weight excluding hydrogens is 431 g/mol. The van der Waals surface area contributed by atoms with Crippen LogP contribution in [0.4, 0.5) is 8.78 Å². The van der Waals surface area contributed by atoms with Crippen LogP contribution in [0.2, 0.25) is 0 Å². The molecule has 2 aromatic rings. The van der Waals surface area contributed by atoms with Gasteiger partial charge >= 0.3 is 0 Å². The van der Waals surface area contributed by atoms with Gasteiger partial charge in [0.05, 0.1) is 6.54 Å². The lowest BCUT2D eigenvalue weighted by molar-refractivity contribution is 0.498. The Morgan fingerprint density at radius 2 is 2.04 bits per heavy atom. The van der Waals surface area contributed by atoms with Crippen LogP contribution in [0, 0.1) is 11.6 Å². The Labute approximate surface area is 156 Å². The summed E-state index contributed by atoms with van der Waals surface area (Å²) in [6, 6.07) is 6.26. The summed E-state index contributed by atoms with van der Waals surface area (Å²) >= 11 is 1.64. The molecule has 0 amide bonds. The van der Waals surface area contributed by atoms with Gasteiger partial charge in [-0.2, -0.15) is 11.3 Å². The van der Waals surface area contributed by atoms with Gasteiger partial charge < -0.3 is 10.6 Å². The van der Waals surface area contributed by atoms with Crippen LogP contribution < -0.4 is 10.6 Å². The van der Waals surface area contributed by atoms with Crippen LogP contribution >= 0.6 is 35.3 Å². The van der Waals surface area contributed by atoms with E-state index in [0.717, 1.165) is 18.2 Å². The maximum atomic E-state index is 13.6. The monoisotopic (exact) mass is 451 g/mol. The molecule has 0 atom stereocenters. The third-order valence-corrected chi connectivity index (χ3v) is 3.79. The Bertz CT molecular complexity index is 618. The molecule has 0 fully saturated rings. The van der Waals surface area contributed by atoms with E-state index in [0.29, 0.717) is 31.0 Å². The number of benzene rings is 1. The molecule has 0 bridgehead atoms. The molecule has 0 unspecified atom stereocenters. The van der Waals surface area contributed by atoms with Crippen molar-refractivity contribution >= 4 is 41.3 Å². The summed E-state index contributed by atoms with van der Waals surface area (Å²) in [7, 11) is 0. The van der Waals surface area contributed by atoms with Crippen LogP contribution in [0.5, 0.6) is 0 Å². The number of hydrogen-bond donors (Lipinski definition) is 2. The van der Waals surface area contributed by atoms with Crippen molar-refractivity contribution in [3.05, 3.63) is 57.8 Å². The molecule has 0 saturated carbocycles. The van der Waals surface area contributed by atoms with Crippen molar-refractivity contribution in [2.75, 3.05) is 13.1 Å². The maximum Gasteiger partial charge on any atom is 0.191 e. The van der Waals surface area contributed by atoms with Gasteiger partial charge in [0.2, 0.25) is 0 Å². The molecule has 0 aliphatic carbocycles. The number of hydrogen-bond acceptors (Lipinski definition) is 2. The number of rotatable bonds is 6. The summed E-state index contributed by atoms with van der Waals surface area (Å²) in [6.45, 7) is 3.79. The van der Waals surface area contributed by atoms with E-state index < -0.39 is 11.6 Å². The molecule has 0 saturated heterocycles. The fourth-order valence-corrected chi connectivity index (χ4v) is 2.61. The fraction of sp³-hybridized carbons (Fsp3) is 0.312. The van der Waals surface area contributed by atoms with Crippen LogP contribution in [-0.4, -0.2) is 19.0 Å². The number of aliphatic imine (C=N–C) groups is 1. The van der Waals surface area contributed by atoms with Crippen molar-refractivity contribution in [2.45, 2.75) is 19.9 Å². The highest BCUT2D eigenvalue weighted by Crippen LogP contribution is 2.11. The molecule has 0 radical (unpaired) electrons. The zero-order valence-electron chi connectivity index (χ0n) is 12.8. The third kappa shape index (κ3) is 6.42. The van der Waals surface area contributed by atoms with Gasteiger partial charge in [0.15, 0.2) is 17.6 Å². The second-order valence-corrected chi connectivity index (χ2v) is 5.50. The average Bonchev–Trinajstić information content (AvgIpc) is 3.02. The van der Waals surface area contributed by atoms with Crippen molar-refractivity contribution in [3.63, 3.8) is 0 Å². The number of nitrogens with one attached hydrogen (secondary N) is 2. The molecule has 2 rings (SSSR count). The molecule has 1 heterocycles. The second kappa shape index (κ2) is 10.5. The van der Waals surface area contributed by atoms with Crippen molar-refractivity contribution in [2.24, 2.45) is 4.99 Å². The topological polar surface area (TPSA) is 36.4 Å². The van der Waals surface area contributed by atoms with E-state index in [4.69, 9.17) is 0 Å². The van der Waals surface area contributed by atoms with Gasteiger partial charge in [0.1, 0.15) is 0 Å². The van der Waals surface area contributed by atoms with Gasteiger partial charge in [-0.25, -0.2) is 13.8 Å². The van der Waals surface area contributed by atoms with E-state index in [9.17, 15) is 8.78 Å². The highest BCUT2D eigenvalue weighted by molar-refractivity contribution is 14.0. The predicted octanol–water partition coefficient (Wildman–Crippen LogP) is 3.94. The standard InChI is InChI=1S/C16H19F2N3S.HI/c1-2-19-16(21-10-12-7-9-22-11-12)20-8-6-13-4-3-5-14(17)15(13)18;/h3-5,7,9,11H,2,6,8,10H2,1H3,(H2,19,20,21);1H. The smallest absolute Gasteiger partial charge is 0.191 e. The summed E-state index contributed by atoms with van der Waals surface area (Å²) < 4.78 is 26.7. The van der Waals surface area contributed by atoms with Crippen molar-refractivity contribution < 1.29 is 8.78 Å². The SMILES string of the molecule is CCNC(=NCc1ccsc1)NCCc1cccc(F)c1F.I. The third-order valence-electron chi connectivity index (χ3n) is 3.06. The first-order chi connectivity index (χ1) is 10.7. The molecule has 23 heavy (non-hydrogen) atoms. The molecule has 1 aromatic heterocycles. The minimum Gasteiger partial charge on any atom is -0.357 e. The van der Waals surface area contributed by atoms with Gasteiger partial charge in [-0.05, 0) is 47.4 Å². The van der Waals surface area contributed by atoms with Crippen LogP contribution in [0.15, 0.2) is 40.0 Å². The lowest BCUT2D eigenvalue weighted by atomic mass is 10.1. The van der Waals surface area contributed by atoms with Gasteiger partial charge in [-0.1, -0.05) is 12.1 Å². The van der Waals surface area contributed by atoms with Crippen LogP contribution in [0.3, 0.4) is 0 Å². The van der Waals surface area contributed by atoms with Crippen molar-refractivity contribution in [1.29, 1.82) is 0 Å². The lowest BCUT2D eigenvalue weighted by Crippen LogP contribution is -2.38. The zero-order valence-corrected chi connectivity index (χ0v) is 16.0. The Morgan fingerprint density at radius 1 is 1.22 bits per heavy atom. The van der Waals surface area contributed by atoms with Crippen LogP contribution in [0.25, 0.3) is 0 Å². The minimum absolute atomic E-state index is 0. The first-order valence-electron chi connectivity index (χ1n) is 7.17. The number of thiophene rings is 1. The molecule has 3 nitrogen and oxygen atoms in total. The van der Waals surface area contributed by atoms with E-state index in [2.05, 4.69) is 21.0 Å². The second-order valence-electron chi connectivity index (χ2n) is 4.72. The normalized spacial score (nSPS) is 11.0. The number of halogens is 3. The zero-order chi connectivity index (χ0) is 15.8.